The van der Waals surface area contributed by atoms with Gasteiger partial charge < -0.3 is 10.1 Å². The largest absolute Gasteiger partial charge is 0.484 e. The highest BCUT2D eigenvalue weighted by Crippen LogP contribution is 2.21. The zero-order valence-corrected chi connectivity index (χ0v) is 16.7. The zero-order valence-electron chi connectivity index (χ0n) is 15.9. The molecule has 6 heteroatoms. The maximum Gasteiger partial charge on any atom is 0.258 e. The van der Waals surface area contributed by atoms with Crippen LogP contribution in [0.5, 0.6) is 5.75 Å². The molecule has 1 N–H and O–H groups in total. The molecule has 0 bridgehead atoms. The summed E-state index contributed by atoms with van der Waals surface area (Å²) in [5.74, 6) is 0.409. The van der Waals surface area contributed by atoms with E-state index in [2.05, 4.69) is 5.32 Å². The third-order valence-electron chi connectivity index (χ3n) is 4.54. The van der Waals surface area contributed by atoms with Gasteiger partial charge in [0.25, 0.3) is 5.91 Å². The number of sulfone groups is 1. The Morgan fingerprint density at radius 2 is 1.68 bits per heavy atom. The Hall–Kier alpha value is -2.86. The van der Waals surface area contributed by atoms with Crippen molar-refractivity contribution in [1.29, 1.82) is 0 Å². The molecule has 0 saturated heterocycles. The number of ether oxygens (including phenoxy) is 1. The molecule has 0 spiro atoms. The van der Waals surface area contributed by atoms with Crippen LogP contribution in [0, 0.1) is 0 Å². The molecule has 0 saturated carbocycles. The molecule has 1 atom stereocenters. The third kappa shape index (κ3) is 4.89. The summed E-state index contributed by atoms with van der Waals surface area (Å²) in [7, 11) is -3.24. The van der Waals surface area contributed by atoms with Gasteiger partial charge >= 0.3 is 0 Å². The van der Waals surface area contributed by atoms with Crippen LogP contribution in [0.1, 0.15) is 24.9 Å². The van der Waals surface area contributed by atoms with Gasteiger partial charge in [0, 0.05) is 6.26 Å². The predicted octanol–water partition coefficient (Wildman–Crippen LogP) is 3.89. The van der Waals surface area contributed by atoms with Gasteiger partial charge in [0.15, 0.2) is 16.4 Å². The highest BCUT2D eigenvalue weighted by molar-refractivity contribution is 7.90. The predicted molar refractivity (Wildman–Crippen MR) is 110 cm³/mol. The van der Waals surface area contributed by atoms with Crippen LogP contribution in [0.2, 0.25) is 0 Å². The van der Waals surface area contributed by atoms with Gasteiger partial charge in [0.05, 0.1) is 10.9 Å². The molecule has 0 aromatic heterocycles. The molecular weight excluding hydrogens is 374 g/mol. The fraction of sp³-hybridized carbons (Fsp3) is 0.227. The van der Waals surface area contributed by atoms with Crippen LogP contribution >= 0.6 is 0 Å². The van der Waals surface area contributed by atoms with E-state index in [-0.39, 0.29) is 23.5 Å². The zero-order chi connectivity index (χ0) is 20.1. The van der Waals surface area contributed by atoms with E-state index in [0.29, 0.717) is 12.2 Å². The highest BCUT2D eigenvalue weighted by Gasteiger charge is 2.15. The first kappa shape index (κ1) is 19.9. The minimum atomic E-state index is -3.24. The van der Waals surface area contributed by atoms with Crippen LogP contribution in [0.3, 0.4) is 0 Å². The first-order valence-corrected chi connectivity index (χ1v) is 11.0. The molecule has 0 fully saturated rings. The normalized spacial score (nSPS) is 12.5. The van der Waals surface area contributed by atoms with E-state index in [0.717, 1.165) is 16.3 Å². The van der Waals surface area contributed by atoms with Crippen molar-refractivity contribution in [3.05, 3.63) is 72.3 Å². The van der Waals surface area contributed by atoms with Gasteiger partial charge in [-0.2, -0.15) is 0 Å². The number of hydrogen-bond donors (Lipinski definition) is 1. The molecule has 0 aliphatic carbocycles. The first-order valence-electron chi connectivity index (χ1n) is 9.08. The highest BCUT2D eigenvalue weighted by atomic mass is 32.2. The Morgan fingerprint density at radius 1 is 1.00 bits per heavy atom. The molecule has 0 aliphatic heterocycles. The van der Waals surface area contributed by atoms with Crippen molar-refractivity contribution in [2.45, 2.75) is 24.3 Å². The van der Waals surface area contributed by atoms with E-state index >= 15 is 0 Å². The second kappa shape index (κ2) is 8.44. The number of carbonyl (C=O) groups is 1. The quantitative estimate of drug-likeness (QED) is 0.656. The summed E-state index contributed by atoms with van der Waals surface area (Å²) >= 11 is 0. The van der Waals surface area contributed by atoms with Crippen LogP contribution in [0.4, 0.5) is 0 Å². The van der Waals surface area contributed by atoms with Gasteiger partial charge in [-0.15, -0.1) is 0 Å². The standard InChI is InChI=1S/C22H23NO4S/c1-3-21(17-9-12-20(13-10-17)28(2,25)26)23-22(24)15-27-19-11-8-16-6-4-5-7-18(16)14-19/h4-14,21H,3,15H2,1-2H3,(H,23,24)/t21-/m1/s1. The maximum absolute atomic E-state index is 12.3. The summed E-state index contributed by atoms with van der Waals surface area (Å²) in [6.07, 6.45) is 1.85. The number of fused-ring (bicyclic) bond motifs is 1. The number of nitrogens with one attached hydrogen (secondary N) is 1. The molecule has 0 aliphatic rings. The average Bonchev–Trinajstić information content (AvgIpc) is 2.69. The molecule has 5 nitrogen and oxygen atoms in total. The van der Waals surface area contributed by atoms with Crippen LogP contribution in [0.15, 0.2) is 71.6 Å². The molecule has 3 aromatic rings. The molecule has 3 aromatic carbocycles. The second-order valence-electron chi connectivity index (χ2n) is 6.67. The summed E-state index contributed by atoms with van der Waals surface area (Å²) in [6, 6.07) is 20.0. The van der Waals surface area contributed by atoms with Gasteiger partial charge in [-0.25, -0.2) is 8.42 Å². The van der Waals surface area contributed by atoms with Gasteiger partial charge in [0.2, 0.25) is 0 Å². The van der Waals surface area contributed by atoms with Crippen molar-refractivity contribution in [2.75, 3.05) is 12.9 Å². The van der Waals surface area contributed by atoms with Crippen molar-refractivity contribution in [3.8, 4) is 5.75 Å². The van der Waals surface area contributed by atoms with Crippen LogP contribution in [-0.4, -0.2) is 27.2 Å². The number of rotatable bonds is 7. The summed E-state index contributed by atoms with van der Waals surface area (Å²) in [5.41, 5.74) is 0.856. The fourth-order valence-corrected chi connectivity index (χ4v) is 3.64. The SMILES string of the molecule is CC[C@@H](NC(=O)COc1ccc2ccccc2c1)c1ccc(S(C)(=O)=O)cc1. The molecule has 1 amide bonds. The van der Waals surface area contributed by atoms with Gasteiger partial charge in [-0.1, -0.05) is 49.4 Å². The van der Waals surface area contributed by atoms with Crippen molar-refractivity contribution >= 4 is 26.5 Å². The minimum absolute atomic E-state index is 0.0870. The van der Waals surface area contributed by atoms with E-state index in [1.54, 1.807) is 24.3 Å². The van der Waals surface area contributed by atoms with E-state index in [4.69, 9.17) is 4.74 Å². The lowest BCUT2D eigenvalue weighted by Gasteiger charge is -2.18. The molecular formula is C22H23NO4S. The van der Waals surface area contributed by atoms with Crippen molar-refractivity contribution < 1.29 is 17.9 Å². The Labute approximate surface area is 165 Å². The van der Waals surface area contributed by atoms with Crippen molar-refractivity contribution in [3.63, 3.8) is 0 Å². The lowest BCUT2D eigenvalue weighted by Crippen LogP contribution is -2.32. The van der Waals surface area contributed by atoms with E-state index < -0.39 is 9.84 Å². The Kier molecular flexibility index (Phi) is 5.99. The lowest BCUT2D eigenvalue weighted by molar-refractivity contribution is -0.123. The Morgan fingerprint density at radius 3 is 2.32 bits per heavy atom. The number of benzene rings is 3. The van der Waals surface area contributed by atoms with Gasteiger partial charge in [-0.05, 0) is 47.0 Å². The molecule has 0 heterocycles. The summed E-state index contributed by atoms with van der Waals surface area (Å²) < 4.78 is 28.8. The van der Waals surface area contributed by atoms with Gasteiger partial charge in [-0.3, -0.25) is 4.79 Å². The van der Waals surface area contributed by atoms with Gasteiger partial charge in [0.1, 0.15) is 5.75 Å². The fourth-order valence-electron chi connectivity index (χ4n) is 3.01. The summed E-state index contributed by atoms with van der Waals surface area (Å²) in [5, 5.41) is 5.10. The van der Waals surface area contributed by atoms with Crippen molar-refractivity contribution in [1.82, 2.24) is 5.32 Å². The minimum Gasteiger partial charge on any atom is -0.484 e. The van der Waals surface area contributed by atoms with Crippen LogP contribution in [0.25, 0.3) is 10.8 Å². The molecule has 28 heavy (non-hydrogen) atoms. The molecule has 3 rings (SSSR count). The number of carbonyl (C=O) groups excluding carboxylic acids is 1. The van der Waals surface area contributed by atoms with E-state index in [1.165, 1.54) is 6.26 Å². The lowest BCUT2D eigenvalue weighted by atomic mass is 10.0. The maximum atomic E-state index is 12.3. The first-order chi connectivity index (χ1) is 13.4. The van der Waals surface area contributed by atoms with E-state index in [1.807, 2.05) is 49.4 Å². The summed E-state index contributed by atoms with van der Waals surface area (Å²) in [4.78, 5) is 12.6. The molecule has 0 radical (unpaired) electrons. The monoisotopic (exact) mass is 397 g/mol. The topological polar surface area (TPSA) is 72.5 Å². The second-order valence-corrected chi connectivity index (χ2v) is 8.68. The van der Waals surface area contributed by atoms with E-state index in [9.17, 15) is 13.2 Å². The van der Waals surface area contributed by atoms with Crippen LogP contribution < -0.4 is 10.1 Å². The number of hydrogen-bond acceptors (Lipinski definition) is 4. The Balaban J connectivity index is 1.61. The molecule has 0 unspecified atom stereocenters. The van der Waals surface area contributed by atoms with Crippen LogP contribution in [-0.2, 0) is 14.6 Å². The smallest absolute Gasteiger partial charge is 0.258 e. The number of amides is 1. The van der Waals surface area contributed by atoms with Crippen molar-refractivity contribution in [2.24, 2.45) is 0 Å². The summed E-state index contributed by atoms with van der Waals surface area (Å²) in [6.45, 7) is 1.87. The molecule has 146 valence electrons. The third-order valence-corrected chi connectivity index (χ3v) is 5.67. The average molecular weight is 397 g/mol. The Bertz CT molecular complexity index is 1080.